The summed E-state index contributed by atoms with van der Waals surface area (Å²) in [5.74, 6) is -6.91. The number of rotatable bonds is 6. The molecule has 1 amide bonds. The smallest absolute Gasteiger partial charge is 0.417 e. The molecule has 0 radical (unpaired) electrons. The molecule has 4 N–H and O–H groups in total. The fraction of sp³-hybridized carbons (Fsp3) is 0.455. The highest BCUT2D eigenvalue weighted by Gasteiger charge is 2.65. The van der Waals surface area contributed by atoms with E-state index in [0.717, 1.165) is 26.2 Å². The van der Waals surface area contributed by atoms with Gasteiger partial charge in [0.25, 0.3) is 5.91 Å². The fourth-order valence-electron chi connectivity index (χ4n) is 4.08. The lowest BCUT2D eigenvalue weighted by Gasteiger charge is -2.32. The van der Waals surface area contributed by atoms with E-state index < -0.39 is 65.7 Å². The van der Waals surface area contributed by atoms with Gasteiger partial charge in [0.1, 0.15) is 6.10 Å². The number of hydrogen-bond acceptors (Lipinski definition) is 6. The zero-order valence-corrected chi connectivity index (χ0v) is 18.5. The van der Waals surface area contributed by atoms with Gasteiger partial charge in [0.05, 0.1) is 25.5 Å². The lowest BCUT2D eigenvalue weighted by atomic mass is 9.77. The van der Waals surface area contributed by atoms with Gasteiger partial charge in [0.2, 0.25) is 5.82 Å². The number of nitrogens with one attached hydrogen (secondary N) is 1. The summed E-state index contributed by atoms with van der Waals surface area (Å²) < 4.78 is 80.4. The number of anilines is 1. The molecule has 1 fully saturated rings. The number of nitrogens with zero attached hydrogens (tertiary/aromatic N) is 1. The molecule has 1 aromatic heterocycles. The summed E-state index contributed by atoms with van der Waals surface area (Å²) >= 11 is 0. The van der Waals surface area contributed by atoms with Crippen molar-refractivity contribution in [2.24, 2.45) is 11.7 Å². The van der Waals surface area contributed by atoms with Crippen LogP contribution in [0.4, 0.5) is 27.6 Å². The number of aliphatic hydroxyl groups is 1. The molecule has 34 heavy (non-hydrogen) atoms. The van der Waals surface area contributed by atoms with Gasteiger partial charge in [-0.15, -0.1) is 0 Å². The standard InChI is InChI=1S/C22H24F5N3O4/c1-10-16(12-4-5-13(23)17(24)18(12)33-3)19(34-21(10,2)22(25,26)27)20(32)30-11-6-7-29-15(8-11)14(28)9-31/h4-8,10,14,16,19,31H,9,28H2,1-3H3,(H,29,30,32)/t10-,14?,16-,19+,21+/m0/s1. The summed E-state index contributed by atoms with van der Waals surface area (Å²) in [5.41, 5.74) is 3.20. The van der Waals surface area contributed by atoms with Crippen LogP contribution in [0, 0.1) is 17.6 Å². The van der Waals surface area contributed by atoms with Crippen LogP contribution in [0.5, 0.6) is 5.75 Å². The van der Waals surface area contributed by atoms with Crippen LogP contribution in [0.2, 0.25) is 0 Å². The number of methoxy groups -OCH3 is 1. The van der Waals surface area contributed by atoms with E-state index in [-0.39, 0.29) is 16.9 Å². The third kappa shape index (κ3) is 4.44. The van der Waals surface area contributed by atoms with Crippen molar-refractivity contribution >= 4 is 11.6 Å². The van der Waals surface area contributed by atoms with Crippen LogP contribution in [0.1, 0.15) is 37.1 Å². The molecule has 5 atom stereocenters. The summed E-state index contributed by atoms with van der Waals surface area (Å²) in [5, 5.41) is 11.7. The van der Waals surface area contributed by atoms with E-state index in [2.05, 4.69) is 10.3 Å². The predicted molar refractivity (Wildman–Crippen MR) is 111 cm³/mol. The number of ether oxygens (including phenoxy) is 2. The molecule has 12 heteroatoms. The van der Waals surface area contributed by atoms with Crippen molar-refractivity contribution in [1.82, 2.24) is 4.98 Å². The second-order valence-corrected chi connectivity index (χ2v) is 8.19. The number of alkyl halides is 3. The molecule has 0 saturated carbocycles. The number of aromatic nitrogens is 1. The van der Waals surface area contributed by atoms with Crippen molar-refractivity contribution in [2.75, 3.05) is 19.0 Å². The normalized spacial score (nSPS) is 25.8. The van der Waals surface area contributed by atoms with Gasteiger partial charge in [-0.3, -0.25) is 9.78 Å². The average molecular weight is 489 g/mol. The van der Waals surface area contributed by atoms with Gasteiger partial charge in [-0.05, 0) is 25.1 Å². The van der Waals surface area contributed by atoms with Gasteiger partial charge in [0, 0.05) is 29.3 Å². The van der Waals surface area contributed by atoms with Crippen molar-refractivity contribution in [3.8, 4) is 5.75 Å². The van der Waals surface area contributed by atoms with Crippen LogP contribution >= 0.6 is 0 Å². The Hall–Kier alpha value is -2.83. The zero-order chi connectivity index (χ0) is 25.4. The quantitative estimate of drug-likeness (QED) is 0.537. The van der Waals surface area contributed by atoms with Crippen LogP contribution < -0.4 is 15.8 Å². The SMILES string of the molecule is COc1c([C@H]2[C@H](C(=O)Nc3ccnc(C(N)CO)c3)O[C@@](C)(C(F)(F)F)[C@H]2C)ccc(F)c1F. The Kier molecular flexibility index (Phi) is 7.15. The van der Waals surface area contributed by atoms with E-state index >= 15 is 0 Å². The molecule has 1 unspecified atom stereocenters. The van der Waals surface area contributed by atoms with Crippen LogP contribution in [0.3, 0.4) is 0 Å². The fourth-order valence-corrected chi connectivity index (χ4v) is 4.08. The molecule has 186 valence electrons. The summed E-state index contributed by atoms with van der Waals surface area (Å²) in [6.07, 6.45) is -5.30. The summed E-state index contributed by atoms with van der Waals surface area (Å²) in [4.78, 5) is 17.1. The van der Waals surface area contributed by atoms with E-state index in [9.17, 15) is 31.9 Å². The Bertz CT molecular complexity index is 1070. The molecule has 2 heterocycles. The average Bonchev–Trinajstić information content (AvgIpc) is 3.07. The summed E-state index contributed by atoms with van der Waals surface area (Å²) in [7, 11) is 1.04. The predicted octanol–water partition coefficient (Wildman–Crippen LogP) is 3.44. The molecular weight excluding hydrogens is 465 g/mol. The molecule has 0 bridgehead atoms. The molecule has 3 rings (SSSR count). The number of carbonyl (C=O) groups is 1. The Labute approximate surface area is 192 Å². The van der Waals surface area contributed by atoms with Gasteiger partial charge >= 0.3 is 6.18 Å². The van der Waals surface area contributed by atoms with Crippen LogP contribution in [-0.4, -0.2) is 47.6 Å². The molecule has 7 nitrogen and oxygen atoms in total. The molecule has 2 aromatic rings. The molecular formula is C22H24F5N3O4. The topological polar surface area (TPSA) is 107 Å². The first-order valence-electron chi connectivity index (χ1n) is 10.2. The zero-order valence-electron chi connectivity index (χ0n) is 18.5. The van der Waals surface area contributed by atoms with E-state index in [1.54, 1.807) is 0 Å². The van der Waals surface area contributed by atoms with Crippen LogP contribution in [0.15, 0.2) is 30.5 Å². The highest BCUT2D eigenvalue weighted by molar-refractivity contribution is 5.95. The third-order valence-electron chi connectivity index (χ3n) is 6.20. The van der Waals surface area contributed by atoms with E-state index in [0.29, 0.717) is 0 Å². The lowest BCUT2D eigenvalue weighted by Crippen LogP contribution is -2.47. The lowest BCUT2D eigenvalue weighted by molar-refractivity contribution is -0.272. The second-order valence-electron chi connectivity index (χ2n) is 8.19. The number of pyridine rings is 1. The Morgan fingerprint density at radius 1 is 1.35 bits per heavy atom. The molecule has 1 aliphatic rings. The molecule has 1 saturated heterocycles. The van der Waals surface area contributed by atoms with Gasteiger partial charge in [-0.1, -0.05) is 13.0 Å². The number of halogens is 5. The number of hydrogen-bond donors (Lipinski definition) is 3. The molecule has 1 aromatic carbocycles. The monoisotopic (exact) mass is 489 g/mol. The Morgan fingerprint density at radius 2 is 2.03 bits per heavy atom. The maximum absolute atomic E-state index is 14.4. The maximum Gasteiger partial charge on any atom is 0.417 e. The minimum absolute atomic E-state index is 0.139. The first-order valence-corrected chi connectivity index (χ1v) is 10.2. The number of aliphatic hydroxyl groups excluding tert-OH is 1. The van der Waals surface area contributed by atoms with E-state index in [1.807, 2.05) is 0 Å². The van der Waals surface area contributed by atoms with Crippen LogP contribution in [-0.2, 0) is 9.53 Å². The van der Waals surface area contributed by atoms with Crippen LogP contribution in [0.25, 0.3) is 0 Å². The highest BCUT2D eigenvalue weighted by atomic mass is 19.4. The largest absolute Gasteiger partial charge is 0.493 e. The van der Waals surface area contributed by atoms with Gasteiger partial charge in [0.15, 0.2) is 17.2 Å². The first-order chi connectivity index (χ1) is 15.9. The molecule has 0 spiro atoms. The number of benzene rings is 1. The first kappa shape index (κ1) is 25.8. The minimum atomic E-state index is -4.87. The van der Waals surface area contributed by atoms with Crippen molar-refractivity contribution < 1.29 is 41.3 Å². The number of amides is 1. The maximum atomic E-state index is 14.4. The van der Waals surface area contributed by atoms with Crippen molar-refractivity contribution in [2.45, 2.75) is 43.7 Å². The Morgan fingerprint density at radius 3 is 2.62 bits per heavy atom. The number of nitrogens with two attached hydrogens (primary N) is 1. The summed E-state index contributed by atoms with van der Waals surface area (Å²) in [6, 6.07) is 3.72. The van der Waals surface area contributed by atoms with Crippen molar-refractivity contribution in [3.05, 3.63) is 53.4 Å². The molecule has 1 aliphatic heterocycles. The highest BCUT2D eigenvalue weighted by Crippen LogP contribution is 2.55. The summed E-state index contributed by atoms with van der Waals surface area (Å²) in [6.45, 7) is 1.60. The molecule has 0 aliphatic carbocycles. The van der Waals surface area contributed by atoms with E-state index in [4.69, 9.17) is 15.2 Å². The van der Waals surface area contributed by atoms with E-state index in [1.165, 1.54) is 25.3 Å². The third-order valence-corrected chi connectivity index (χ3v) is 6.20. The van der Waals surface area contributed by atoms with Gasteiger partial charge in [-0.2, -0.15) is 17.6 Å². The van der Waals surface area contributed by atoms with Gasteiger partial charge in [-0.25, -0.2) is 4.39 Å². The van der Waals surface area contributed by atoms with Crippen molar-refractivity contribution in [3.63, 3.8) is 0 Å². The minimum Gasteiger partial charge on any atom is -0.493 e. The van der Waals surface area contributed by atoms with Crippen molar-refractivity contribution in [1.29, 1.82) is 0 Å². The second kappa shape index (κ2) is 9.43. The number of carbonyl (C=O) groups excluding carboxylic acids is 1. The van der Waals surface area contributed by atoms with Gasteiger partial charge < -0.3 is 25.6 Å². The Balaban J connectivity index is 2.05.